The summed E-state index contributed by atoms with van der Waals surface area (Å²) in [5, 5.41) is 19.5. The van der Waals surface area contributed by atoms with Gasteiger partial charge in [-0.05, 0) is 19.1 Å². The minimum Gasteiger partial charge on any atom is -0.479 e. The summed E-state index contributed by atoms with van der Waals surface area (Å²) >= 11 is 0. The maximum Gasteiger partial charge on any atom is 0.422 e. The number of rotatable bonds is 4. The van der Waals surface area contributed by atoms with Gasteiger partial charge >= 0.3 is 12.1 Å². The lowest BCUT2D eigenvalue weighted by Crippen LogP contribution is -2.55. The van der Waals surface area contributed by atoms with Gasteiger partial charge in [-0.15, -0.1) is 10.2 Å². The fraction of sp³-hybridized carbons (Fsp3) is 0.400. The number of carboxylic acids is 1. The molecule has 0 aliphatic heterocycles. The molecular weight excluding hydrogens is 281 g/mol. The molecule has 0 spiro atoms. The number of aliphatic carboxylic acids is 1. The van der Waals surface area contributed by atoms with Crippen LogP contribution in [-0.2, 0) is 4.79 Å². The van der Waals surface area contributed by atoms with Crippen molar-refractivity contribution in [2.75, 3.05) is 12.4 Å². The highest BCUT2D eigenvalue weighted by Crippen LogP contribution is 2.33. The van der Waals surface area contributed by atoms with E-state index in [9.17, 15) is 22.8 Å². The van der Waals surface area contributed by atoms with Crippen molar-refractivity contribution in [3.8, 4) is 0 Å². The van der Waals surface area contributed by atoms with Gasteiger partial charge in [-0.2, -0.15) is 13.2 Å². The quantitative estimate of drug-likeness (QED) is 0.753. The number of nitrogens with one attached hydrogen (secondary N) is 2. The van der Waals surface area contributed by atoms with Gasteiger partial charge in [0.05, 0.1) is 0 Å². The number of halogens is 3. The van der Waals surface area contributed by atoms with Gasteiger partial charge in [0, 0.05) is 7.05 Å². The number of nitrogens with zero attached hydrogens (tertiary/aromatic N) is 2. The Kier molecular flexibility index (Phi) is 4.16. The van der Waals surface area contributed by atoms with Crippen molar-refractivity contribution in [2.24, 2.45) is 0 Å². The average Bonchev–Trinajstić information content (AvgIpc) is 2.37. The molecule has 1 amide bonds. The summed E-state index contributed by atoms with van der Waals surface area (Å²) in [6.45, 7) is 0.462. The van der Waals surface area contributed by atoms with Crippen LogP contribution in [0.2, 0.25) is 0 Å². The Hall–Kier alpha value is -2.39. The molecule has 0 radical (unpaired) electrons. The number of anilines is 1. The van der Waals surface area contributed by atoms with Crippen molar-refractivity contribution in [1.29, 1.82) is 0 Å². The Morgan fingerprint density at radius 2 is 1.85 bits per heavy atom. The molecule has 0 saturated heterocycles. The molecule has 3 N–H and O–H groups in total. The van der Waals surface area contributed by atoms with Crippen molar-refractivity contribution >= 4 is 17.7 Å². The third-order valence-electron chi connectivity index (χ3n) is 2.50. The molecule has 1 rings (SSSR count). The Morgan fingerprint density at radius 1 is 1.25 bits per heavy atom. The van der Waals surface area contributed by atoms with E-state index in [0.29, 0.717) is 6.92 Å². The van der Waals surface area contributed by atoms with Crippen LogP contribution in [0.25, 0.3) is 0 Å². The zero-order valence-corrected chi connectivity index (χ0v) is 10.4. The van der Waals surface area contributed by atoms with E-state index in [2.05, 4.69) is 15.5 Å². The topological polar surface area (TPSA) is 104 Å². The number of carboxylic acid groups (broad SMARTS) is 1. The van der Waals surface area contributed by atoms with E-state index in [4.69, 9.17) is 5.11 Å². The van der Waals surface area contributed by atoms with E-state index in [1.165, 1.54) is 7.05 Å². The molecule has 0 aliphatic rings. The van der Waals surface area contributed by atoms with E-state index in [1.54, 1.807) is 5.32 Å². The third-order valence-corrected chi connectivity index (χ3v) is 2.50. The summed E-state index contributed by atoms with van der Waals surface area (Å²) in [4.78, 5) is 22.0. The first-order valence-corrected chi connectivity index (χ1v) is 5.26. The average molecular weight is 292 g/mol. The Labute approximate surface area is 111 Å². The first-order valence-electron chi connectivity index (χ1n) is 5.26. The van der Waals surface area contributed by atoms with Crippen molar-refractivity contribution in [3.05, 3.63) is 17.8 Å². The highest BCUT2D eigenvalue weighted by atomic mass is 19.4. The third kappa shape index (κ3) is 2.95. The van der Waals surface area contributed by atoms with Crippen LogP contribution in [0.4, 0.5) is 19.0 Å². The van der Waals surface area contributed by atoms with Gasteiger partial charge in [-0.1, -0.05) is 0 Å². The monoisotopic (exact) mass is 292 g/mol. The number of aromatic nitrogens is 2. The molecule has 1 aromatic heterocycles. The van der Waals surface area contributed by atoms with Gasteiger partial charge in [0.2, 0.25) is 5.54 Å². The second kappa shape index (κ2) is 5.31. The molecule has 7 nitrogen and oxygen atoms in total. The maximum atomic E-state index is 12.7. The highest BCUT2D eigenvalue weighted by Gasteiger charge is 2.57. The van der Waals surface area contributed by atoms with Crippen LogP contribution < -0.4 is 10.6 Å². The Morgan fingerprint density at radius 3 is 2.20 bits per heavy atom. The Balaban J connectivity index is 3.02. The molecule has 0 bridgehead atoms. The lowest BCUT2D eigenvalue weighted by molar-refractivity contribution is -0.193. The van der Waals surface area contributed by atoms with Crippen LogP contribution in [-0.4, -0.2) is 45.9 Å². The SMILES string of the molecule is CNC(=O)c1ccc(NC(C)(C(=O)O)C(F)(F)F)nn1. The molecular formula is C10H11F3N4O3. The lowest BCUT2D eigenvalue weighted by Gasteiger charge is -2.28. The van der Waals surface area contributed by atoms with Crippen LogP contribution in [0.5, 0.6) is 0 Å². The van der Waals surface area contributed by atoms with Crippen molar-refractivity contribution in [1.82, 2.24) is 15.5 Å². The number of amides is 1. The standard InChI is InChI=1S/C10H11F3N4O3/c1-9(8(19)20,10(11,12)13)15-6-4-3-5(16-17-6)7(18)14-2/h3-4H,1-2H3,(H,14,18)(H,15,17)(H,19,20). The van der Waals surface area contributed by atoms with Crippen molar-refractivity contribution < 1.29 is 27.9 Å². The largest absolute Gasteiger partial charge is 0.479 e. The highest BCUT2D eigenvalue weighted by molar-refractivity contribution is 5.92. The van der Waals surface area contributed by atoms with Gasteiger partial charge in [0.25, 0.3) is 5.91 Å². The first kappa shape index (κ1) is 15.7. The lowest BCUT2D eigenvalue weighted by atomic mass is 10.0. The van der Waals surface area contributed by atoms with E-state index in [1.807, 2.05) is 0 Å². The predicted molar refractivity (Wildman–Crippen MR) is 61.1 cm³/mol. The Bertz CT molecular complexity index is 517. The van der Waals surface area contributed by atoms with E-state index in [-0.39, 0.29) is 5.69 Å². The summed E-state index contributed by atoms with van der Waals surface area (Å²) in [5.74, 6) is -3.09. The van der Waals surface area contributed by atoms with Crippen LogP contribution in [0, 0.1) is 0 Å². The van der Waals surface area contributed by atoms with Gasteiger partial charge in [0.15, 0.2) is 5.69 Å². The summed E-state index contributed by atoms with van der Waals surface area (Å²) in [6.07, 6.45) is -5.04. The summed E-state index contributed by atoms with van der Waals surface area (Å²) < 4.78 is 38.2. The minimum absolute atomic E-state index is 0.109. The molecule has 0 fully saturated rings. The fourth-order valence-electron chi connectivity index (χ4n) is 1.15. The number of carbonyl (C=O) groups excluding carboxylic acids is 1. The molecule has 0 aromatic carbocycles. The first-order chi connectivity index (χ1) is 9.11. The fourth-order valence-corrected chi connectivity index (χ4v) is 1.15. The molecule has 10 heteroatoms. The maximum absolute atomic E-state index is 12.7. The number of alkyl halides is 3. The predicted octanol–water partition coefficient (Wildman–Crippen LogP) is 0.654. The molecule has 20 heavy (non-hydrogen) atoms. The smallest absolute Gasteiger partial charge is 0.422 e. The van der Waals surface area contributed by atoms with E-state index < -0.39 is 29.4 Å². The van der Waals surface area contributed by atoms with Crippen LogP contribution in [0.3, 0.4) is 0 Å². The number of carbonyl (C=O) groups is 2. The normalized spacial score (nSPS) is 14.2. The molecule has 1 unspecified atom stereocenters. The zero-order valence-electron chi connectivity index (χ0n) is 10.4. The molecule has 110 valence electrons. The van der Waals surface area contributed by atoms with Crippen molar-refractivity contribution in [3.63, 3.8) is 0 Å². The number of hydrogen-bond donors (Lipinski definition) is 3. The number of hydrogen-bond acceptors (Lipinski definition) is 5. The van der Waals surface area contributed by atoms with Gasteiger partial charge in [0.1, 0.15) is 5.82 Å². The van der Waals surface area contributed by atoms with E-state index in [0.717, 1.165) is 12.1 Å². The van der Waals surface area contributed by atoms with Crippen LogP contribution in [0.1, 0.15) is 17.4 Å². The molecule has 1 aromatic rings. The molecule has 1 heterocycles. The summed E-state index contributed by atoms with van der Waals surface area (Å²) in [5.41, 5.74) is -3.32. The second-order valence-electron chi connectivity index (χ2n) is 3.94. The van der Waals surface area contributed by atoms with Crippen LogP contribution in [0.15, 0.2) is 12.1 Å². The van der Waals surface area contributed by atoms with Gasteiger partial charge < -0.3 is 15.7 Å². The molecule has 0 saturated carbocycles. The zero-order chi connectivity index (χ0) is 15.6. The van der Waals surface area contributed by atoms with Gasteiger partial charge in [-0.3, -0.25) is 4.79 Å². The van der Waals surface area contributed by atoms with Gasteiger partial charge in [-0.25, -0.2) is 4.79 Å². The summed E-state index contributed by atoms with van der Waals surface area (Å²) in [7, 11) is 1.35. The van der Waals surface area contributed by atoms with E-state index >= 15 is 0 Å². The van der Waals surface area contributed by atoms with Crippen LogP contribution >= 0.6 is 0 Å². The molecule has 1 atom stereocenters. The summed E-state index contributed by atoms with van der Waals surface area (Å²) in [6, 6.07) is 2.15. The molecule has 0 aliphatic carbocycles. The minimum atomic E-state index is -5.04. The van der Waals surface area contributed by atoms with Crippen molar-refractivity contribution in [2.45, 2.75) is 18.6 Å². The second-order valence-corrected chi connectivity index (χ2v) is 3.94.